The Hall–Kier alpha value is -7.80. The van der Waals surface area contributed by atoms with Gasteiger partial charge < -0.3 is 0 Å². The van der Waals surface area contributed by atoms with Gasteiger partial charge in [0.2, 0.25) is 0 Å². The van der Waals surface area contributed by atoms with Crippen LogP contribution in [0.15, 0.2) is 218 Å². The summed E-state index contributed by atoms with van der Waals surface area (Å²) in [5.41, 5.74) is 23.0. The van der Waals surface area contributed by atoms with Crippen molar-refractivity contribution in [1.29, 1.82) is 0 Å². The summed E-state index contributed by atoms with van der Waals surface area (Å²) < 4.78 is 0. The lowest BCUT2D eigenvalue weighted by molar-refractivity contribution is 1.61. The number of fused-ring (bicyclic) bond motifs is 7. The number of benzene rings is 11. The molecule has 0 spiro atoms. The first kappa shape index (κ1) is 33.2. The molecule has 276 valence electrons. The van der Waals surface area contributed by atoms with Crippen LogP contribution in [0.25, 0.3) is 132 Å². The maximum atomic E-state index is 2.47. The van der Waals surface area contributed by atoms with E-state index < -0.39 is 0 Å². The van der Waals surface area contributed by atoms with Crippen LogP contribution in [-0.4, -0.2) is 0 Å². The van der Waals surface area contributed by atoms with Gasteiger partial charge >= 0.3 is 0 Å². The molecule has 11 aromatic rings. The SMILES string of the molecule is c1ccc(-c2c3c(c(-c4ccccc4)c4cc(-c5ccc6c(c5)-c5cccc7c(-c8ccccc8)ccc-6c57)ccc24)-c2cccc4c(-c5ccccc5)ccc-3c24)cc1. The molecule has 0 fully saturated rings. The Bertz CT molecular complexity index is 3540. The lowest BCUT2D eigenvalue weighted by Gasteiger charge is -2.21. The van der Waals surface area contributed by atoms with Gasteiger partial charge in [-0.05, 0) is 145 Å². The van der Waals surface area contributed by atoms with Gasteiger partial charge in [-0.15, -0.1) is 0 Å². The zero-order chi connectivity index (χ0) is 39.3. The van der Waals surface area contributed by atoms with E-state index >= 15 is 0 Å². The Morgan fingerprint density at radius 2 is 0.583 bits per heavy atom. The first-order valence-corrected chi connectivity index (χ1v) is 20.9. The van der Waals surface area contributed by atoms with Gasteiger partial charge in [0.15, 0.2) is 0 Å². The summed E-state index contributed by atoms with van der Waals surface area (Å²) in [5.74, 6) is 0. The van der Waals surface area contributed by atoms with E-state index in [9.17, 15) is 0 Å². The van der Waals surface area contributed by atoms with Crippen molar-refractivity contribution in [2.75, 3.05) is 0 Å². The summed E-state index contributed by atoms with van der Waals surface area (Å²) in [6.45, 7) is 0. The molecule has 0 atom stereocenters. The van der Waals surface area contributed by atoms with Crippen molar-refractivity contribution in [2.24, 2.45) is 0 Å². The fourth-order valence-corrected chi connectivity index (χ4v) is 10.6. The van der Waals surface area contributed by atoms with E-state index in [1.54, 1.807) is 0 Å². The van der Waals surface area contributed by atoms with E-state index in [1.165, 1.54) is 132 Å². The highest BCUT2D eigenvalue weighted by Crippen LogP contribution is 2.59. The van der Waals surface area contributed by atoms with Crippen molar-refractivity contribution < 1.29 is 0 Å². The molecule has 2 aliphatic rings. The molecule has 0 heterocycles. The summed E-state index contributed by atoms with van der Waals surface area (Å²) >= 11 is 0. The lowest BCUT2D eigenvalue weighted by Crippen LogP contribution is -1.94. The van der Waals surface area contributed by atoms with Crippen LogP contribution in [0.4, 0.5) is 0 Å². The molecule has 13 rings (SSSR count). The topological polar surface area (TPSA) is 0 Å². The van der Waals surface area contributed by atoms with Gasteiger partial charge in [0.1, 0.15) is 0 Å². The van der Waals surface area contributed by atoms with E-state index in [0.29, 0.717) is 0 Å². The highest BCUT2D eigenvalue weighted by molar-refractivity contribution is 6.29. The second kappa shape index (κ2) is 12.9. The normalized spacial score (nSPS) is 12.0. The molecule has 0 aliphatic heterocycles. The number of rotatable bonds is 5. The van der Waals surface area contributed by atoms with Crippen molar-refractivity contribution in [1.82, 2.24) is 0 Å². The first-order valence-electron chi connectivity index (χ1n) is 20.9. The maximum Gasteiger partial charge on any atom is -0.000741 e. The molecule has 0 heteroatoms. The Morgan fingerprint density at radius 3 is 1.18 bits per heavy atom. The highest BCUT2D eigenvalue weighted by Gasteiger charge is 2.32. The molecule has 0 nitrogen and oxygen atoms in total. The van der Waals surface area contributed by atoms with Crippen molar-refractivity contribution in [3.05, 3.63) is 218 Å². The maximum absolute atomic E-state index is 2.47. The van der Waals surface area contributed by atoms with Crippen LogP contribution in [0.2, 0.25) is 0 Å². The molecular formula is C60H36. The molecule has 0 radical (unpaired) electrons. The van der Waals surface area contributed by atoms with Crippen LogP contribution >= 0.6 is 0 Å². The Morgan fingerprint density at radius 1 is 0.167 bits per heavy atom. The minimum atomic E-state index is 1.22. The zero-order valence-corrected chi connectivity index (χ0v) is 32.8. The van der Waals surface area contributed by atoms with Crippen molar-refractivity contribution in [2.45, 2.75) is 0 Å². The molecule has 0 N–H and O–H groups in total. The molecule has 0 unspecified atom stereocenters. The van der Waals surface area contributed by atoms with Gasteiger partial charge in [0, 0.05) is 0 Å². The first-order chi connectivity index (χ1) is 29.8. The van der Waals surface area contributed by atoms with Gasteiger partial charge in [-0.3, -0.25) is 0 Å². The van der Waals surface area contributed by atoms with Gasteiger partial charge in [-0.1, -0.05) is 206 Å². The molecule has 11 aromatic carbocycles. The van der Waals surface area contributed by atoms with E-state index in [0.717, 1.165) is 0 Å². The average Bonchev–Trinajstić information content (AvgIpc) is 3.83. The largest absolute Gasteiger partial charge is 0.0622 e. The van der Waals surface area contributed by atoms with Crippen LogP contribution in [-0.2, 0) is 0 Å². The molecule has 0 bridgehead atoms. The molecule has 0 saturated carbocycles. The summed E-state index contributed by atoms with van der Waals surface area (Å²) in [4.78, 5) is 0. The predicted octanol–water partition coefficient (Wildman–Crippen LogP) is 16.8. The minimum absolute atomic E-state index is 1.22. The van der Waals surface area contributed by atoms with Gasteiger partial charge in [-0.25, -0.2) is 0 Å². The smallest absolute Gasteiger partial charge is 0.000741 e. The molecule has 2 aliphatic carbocycles. The van der Waals surface area contributed by atoms with Gasteiger partial charge in [-0.2, -0.15) is 0 Å². The van der Waals surface area contributed by atoms with Crippen molar-refractivity contribution >= 4 is 32.3 Å². The lowest BCUT2D eigenvalue weighted by atomic mass is 9.81. The second-order valence-electron chi connectivity index (χ2n) is 16.3. The Labute approximate surface area is 349 Å². The Balaban J connectivity index is 1.07. The third-order valence-corrected chi connectivity index (χ3v) is 13.2. The minimum Gasteiger partial charge on any atom is -0.0622 e. The van der Waals surface area contributed by atoms with Crippen LogP contribution in [0.1, 0.15) is 0 Å². The van der Waals surface area contributed by atoms with Crippen molar-refractivity contribution in [3.8, 4) is 100 Å². The van der Waals surface area contributed by atoms with Crippen LogP contribution < -0.4 is 0 Å². The third kappa shape index (κ3) is 4.73. The van der Waals surface area contributed by atoms with E-state index in [2.05, 4.69) is 218 Å². The summed E-state index contributed by atoms with van der Waals surface area (Å²) in [6, 6.07) is 81.2. The van der Waals surface area contributed by atoms with E-state index in [4.69, 9.17) is 0 Å². The van der Waals surface area contributed by atoms with Gasteiger partial charge in [0.05, 0.1) is 0 Å². The summed E-state index contributed by atoms with van der Waals surface area (Å²) in [7, 11) is 0. The summed E-state index contributed by atoms with van der Waals surface area (Å²) in [5, 5.41) is 7.82. The number of hydrogen-bond acceptors (Lipinski definition) is 0. The van der Waals surface area contributed by atoms with Gasteiger partial charge in [0.25, 0.3) is 0 Å². The van der Waals surface area contributed by atoms with Crippen LogP contribution in [0.3, 0.4) is 0 Å². The molecule has 0 aromatic heterocycles. The number of hydrogen-bond donors (Lipinski definition) is 0. The van der Waals surface area contributed by atoms with Crippen molar-refractivity contribution in [3.63, 3.8) is 0 Å². The molecule has 0 amide bonds. The van der Waals surface area contributed by atoms with Crippen LogP contribution in [0, 0.1) is 0 Å². The zero-order valence-electron chi connectivity index (χ0n) is 32.8. The van der Waals surface area contributed by atoms with E-state index in [1.807, 2.05) is 0 Å². The fourth-order valence-electron chi connectivity index (χ4n) is 10.6. The average molecular weight is 757 g/mol. The fraction of sp³-hybridized carbons (Fsp3) is 0. The quantitative estimate of drug-likeness (QED) is 0.164. The van der Waals surface area contributed by atoms with Crippen LogP contribution in [0.5, 0.6) is 0 Å². The highest BCUT2D eigenvalue weighted by atomic mass is 14.3. The third-order valence-electron chi connectivity index (χ3n) is 13.2. The standard InChI is InChI=1S/C60H36/c1-5-15-37(16-6-1)43-31-33-49-45-29-27-41(35-53(45)48-25-13-23-46(43)57(48)49)42-28-30-50-54(36-42)56(40-21-11-4-12-22-40)59-51-26-14-24-47-44(38-17-7-2-8-18-38)32-34-52(58(47)51)60(59)55(50)39-19-9-3-10-20-39/h1-36H. The summed E-state index contributed by atoms with van der Waals surface area (Å²) in [6.07, 6.45) is 0. The van der Waals surface area contributed by atoms with E-state index in [-0.39, 0.29) is 0 Å². The predicted molar refractivity (Wildman–Crippen MR) is 255 cm³/mol. The Kier molecular flexibility index (Phi) is 7.11. The molecule has 60 heavy (non-hydrogen) atoms. The monoisotopic (exact) mass is 756 g/mol. The molecule has 0 saturated heterocycles. The molecular weight excluding hydrogens is 721 g/mol. The second-order valence-corrected chi connectivity index (χ2v) is 16.3.